The van der Waals surface area contributed by atoms with Gasteiger partial charge >= 0.3 is 0 Å². The Balaban J connectivity index is 3.30. The molecule has 1 aromatic rings. The molecule has 1 aromatic carbocycles. The van der Waals surface area contributed by atoms with Gasteiger partial charge in [-0.25, -0.2) is 21.1 Å². The van der Waals surface area contributed by atoms with Crippen LogP contribution in [0, 0.1) is 0 Å². The number of halogens is 3. The molecule has 0 spiro atoms. The van der Waals surface area contributed by atoms with Gasteiger partial charge in [0.05, 0.1) is 9.79 Å². The second-order valence-electron chi connectivity index (χ2n) is 3.71. The summed E-state index contributed by atoms with van der Waals surface area (Å²) < 4.78 is 47.3. The van der Waals surface area contributed by atoms with Crippen molar-refractivity contribution in [2.45, 2.75) is 11.3 Å². The number of alkyl halides is 3. The molecule has 0 radical (unpaired) electrons. The van der Waals surface area contributed by atoms with E-state index in [1.807, 2.05) is 0 Å². The minimum atomic E-state index is -3.72. The maximum Gasteiger partial charge on any atom is 0.242 e. The summed E-state index contributed by atoms with van der Waals surface area (Å²) in [5.41, 5.74) is 0. The Morgan fingerprint density at radius 2 is 1.26 bits per heavy atom. The quantitative estimate of drug-likeness (QED) is 0.599. The molecule has 0 saturated carbocycles. The smallest absolute Gasteiger partial charge is 0.220 e. The first kappa shape index (κ1) is 17.6. The number of hydrogen-bond acceptors (Lipinski definition) is 4. The van der Waals surface area contributed by atoms with Gasteiger partial charge < -0.3 is 0 Å². The normalized spacial score (nSPS) is 13.8. The molecule has 0 atom stereocenters. The fraction of sp³-hybridized carbons (Fsp3) is 0.333. The molecule has 0 fully saturated rings. The van der Waals surface area contributed by atoms with Crippen LogP contribution in [0.25, 0.3) is 0 Å². The van der Waals surface area contributed by atoms with E-state index in [2.05, 4.69) is 47.8 Å². The maximum atomic E-state index is 12.0. The molecule has 0 amide bonds. The van der Waals surface area contributed by atoms with Crippen LogP contribution in [0.1, 0.15) is 0 Å². The number of rotatable bonds is 3. The van der Waals surface area contributed by atoms with Gasteiger partial charge in [0, 0.05) is 14.1 Å². The van der Waals surface area contributed by atoms with E-state index >= 15 is 0 Å². The first-order valence-corrected chi connectivity index (χ1v) is 10.0. The Morgan fingerprint density at radius 1 is 0.895 bits per heavy atom. The summed E-state index contributed by atoms with van der Waals surface area (Å²) in [4.78, 5) is 0.0107. The highest BCUT2D eigenvalue weighted by Gasteiger charge is 2.37. The minimum Gasteiger partial charge on any atom is -0.220 e. The lowest BCUT2D eigenvalue weighted by Crippen LogP contribution is -2.22. The molecule has 108 valence electrons. The minimum absolute atomic E-state index is 0.0177. The molecular formula is C9H10Br3NO4S2. The fourth-order valence-electron chi connectivity index (χ4n) is 1.14. The van der Waals surface area contributed by atoms with Crippen molar-refractivity contribution in [2.75, 3.05) is 14.1 Å². The summed E-state index contributed by atoms with van der Waals surface area (Å²) in [5, 5.41) is 0. The van der Waals surface area contributed by atoms with E-state index < -0.39 is 21.3 Å². The van der Waals surface area contributed by atoms with Gasteiger partial charge in [0.2, 0.25) is 21.3 Å². The lowest BCUT2D eigenvalue weighted by Gasteiger charge is -2.15. The van der Waals surface area contributed by atoms with Crippen LogP contribution < -0.4 is 0 Å². The van der Waals surface area contributed by atoms with Crippen LogP contribution in [0.2, 0.25) is 0 Å². The molecular weight excluding hydrogens is 490 g/mol. The van der Waals surface area contributed by atoms with Crippen molar-refractivity contribution in [3.05, 3.63) is 24.3 Å². The van der Waals surface area contributed by atoms with Crippen LogP contribution in [0.5, 0.6) is 0 Å². The van der Waals surface area contributed by atoms with Gasteiger partial charge in [0.15, 0.2) is 0 Å². The topological polar surface area (TPSA) is 71.5 Å². The molecule has 0 aliphatic carbocycles. The van der Waals surface area contributed by atoms with Crippen LogP contribution in [0.3, 0.4) is 0 Å². The average Bonchev–Trinajstić information content (AvgIpc) is 2.27. The zero-order chi connectivity index (χ0) is 15.1. The van der Waals surface area contributed by atoms with Gasteiger partial charge in [0.1, 0.15) is 0 Å². The van der Waals surface area contributed by atoms with E-state index in [9.17, 15) is 16.8 Å². The van der Waals surface area contributed by atoms with Crippen LogP contribution >= 0.6 is 47.8 Å². The van der Waals surface area contributed by atoms with Crippen LogP contribution in [-0.4, -0.2) is 36.7 Å². The highest BCUT2D eigenvalue weighted by molar-refractivity contribution is 9.42. The summed E-state index contributed by atoms with van der Waals surface area (Å²) in [6.07, 6.45) is 0. The van der Waals surface area contributed by atoms with Gasteiger partial charge in [-0.1, -0.05) is 0 Å². The molecule has 19 heavy (non-hydrogen) atoms. The van der Waals surface area contributed by atoms with Crippen LogP contribution in [-0.2, 0) is 19.9 Å². The van der Waals surface area contributed by atoms with E-state index in [-0.39, 0.29) is 9.79 Å². The van der Waals surface area contributed by atoms with E-state index in [0.717, 1.165) is 4.31 Å². The molecule has 0 heterocycles. The predicted octanol–water partition coefficient (Wildman–Crippen LogP) is 2.51. The summed E-state index contributed by atoms with van der Waals surface area (Å²) in [6, 6.07) is 4.98. The van der Waals surface area contributed by atoms with Crippen LogP contribution in [0.4, 0.5) is 0 Å². The third-order valence-corrected chi connectivity index (χ3v) is 9.38. The van der Waals surface area contributed by atoms with Gasteiger partial charge in [-0.05, 0) is 72.1 Å². The zero-order valence-electron chi connectivity index (χ0n) is 9.84. The molecule has 5 nitrogen and oxygen atoms in total. The van der Waals surface area contributed by atoms with Crippen LogP contribution in [0.15, 0.2) is 34.1 Å². The third-order valence-electron chi connectivity index (χ3n) is 2.22. The first-order chi connectivity index (χ1) is 8.40. The number of sulfone groups is 1. The standard InChI is InChI=1S/C9H10Br3NO4S2/c1-13(2)19(16,17)8-5-3-7(4-6-8)18(14,15)9(10,11)12/h3-6H,1-2H3. The SMILES string of the molecule is CN(C)S(=O)(=O)c1ccc(S(=O)(=O)C(Br)(Br)Br)cc1. The molecule has 0 unspecified atom stereocenters. The Bertz CT molecular complexity index is 660. The number of hydrogen-bond donors (Lipinski definition) is 0. The fourth-order valence-corrected chi connectivity index (χ4v) is 4.48. The highest BCUT2D eigenvalue weighted by Crippen LogP contribution is 2.43. The van der Waals surface area contributed by atoms with Crippen molar-refractivity contribution in [1.82, 2.24) is 4.31 Å². The molecule has 0 aromatic heterocycles. The Labute approximate surface area is 137 Å². The zero-order valence-corrected chi connectivity index (χ0v) is 16.2. The molecule has 1 rings (SSSR count). The van der Waals surface area contributed by atoms with Gasteiger partial charge in [-0.2, -0.15) is 0 Å². The number of sulfonamides is 1. The molecule has 10 heteroatoms. The lowest BCUT2D eigenvalue weighted by molar-refractivity contribution is 0.520. The van der Waals surface area contributed by atoms with Crippen molar-refractivity contribution >= 4 is 67.7 Å². The van der Waals surface area contributed by atoms with Crippen molar-refractivity contribution in [3.63, 3.8) is 0 Å². The van der Waals surface area contributed by atoms with E-state index in [1.54, 1.807) is 0 Å². The lowest BCUT2D eigenvalue weighted by atomic mass is 10.4. The van der Waals surface area contributed by atoms with Crippen molar-refractivity contribution in [1.29, 1.82) is 0 Å². The summed E-state index contributed by atoms with van der Waals surface area (Å²) in [7, 11) is -4.48. The maximum absolute atomic E-state index is 12.0. The van der Waals surface area contributed by atoms with E-state index in [4.69, 9.17) is 0 Å². The third kappa shape index (κ3) is 3.59. The monoisotopic (exact) mass is 497 g/mol. The van der Waals surface area contributed by atoms with E-state index in [0.29, 0.717) is 0 Å². The number of nitrogens with zero attached hydrogens (tertiary/aromatic N) is 1. The number of benzene rings is 1. The second-order valence-corrected chi connectivity index (χ2v) is 16.3. The van der Waals surface area contributed by atoms with Gasteiger partial charge in [0.25, 0.3) is 0 Å². The first-order valence-electron chi connectivity index (χ1n) is 4.74. The van der Waals surface area contributed by atoms with Crippen molar-refractivity contribution < 1.29 is 16.8 Å². The second kappa shape index (κ2) is 5.72. The largest absolute Gasteiger partial charge is 0.242 e. The Hall–Kier alpha value is 0.520. The van der Waals surface area contributed by atoms with Crippen molar-refractivity contribution in [2.24, 2.45) is 0 Å². The van der Waals surface area contributed by atoms with Crippen molar-refractivity contribution in [3.8, 4) is 0 Å². The van der Waals surface area contributed by atoms with E-state index in [1.165, 1.54) is 38.4 Å². The predicted molar refractivity (Wildman–Crippen MR) is 84.0 cm³/mol. The Morgan fingerprint density at radius 3 is 1.58 bits per heavy atom. The average molecular weight is 500 g/mol. The molecule has 0 N–H and O–H groups in total. The molecule has 0 bridgehead atoms. The summed E-state index contributed by atoms with van der Waals surface area (Å²) >= 11 is 8.81. The Kier molecular flexibility index (Phi) is 5.29. The highest BCUT2D eigenvalue weighted by atomic mass is 80.0. The molecule has 0 aliphatic heterocycles. The molecule has 0 aliphatic rings. The van der Waals surface area contributed by atoms with Gasteiger partial charge in [-0.3, -0.25) is 0 Å². The molecule has 0 saturated heterocycles. The summed E-state index contributed by atoms with van der Waals surface area (Å²) in [5.74, 6) is 0. The summed E-state index contributed by atoms with van der Waals surface area (Å²) in [6.45, 7) is 0. The van der Waals surface area contributed by atoms with Gasteiger partial charge in [-0.15, -0.1) is 0 Å².